The van der Waals surface area contributed by atoms with E-state index in [2.05, 4.69) is 31.3 Å². The Morgan fingerprint density at radius 1 is 1.07 bits per heavy atom. The van der Waals surface area contributed by atoms with Crippen LogP contribution >= 0.6 is 0 Å². The van der Waals surface area contributed by atoms with E-state index in [0.717, 1.165) is 12.0 Å². The first-order chi connectivity index (χ1) is 14.5. The normalized spacial score (nSPS) is 19.0. The van der Waals surface area contributed by atoms with Gasteiger partial charge in [-0.15, -0.1) is 0 Å². The average Bonchev–Trinajstić information content (AvgIpc) is 3.33. The number of hydrogen-bond donors (Lipinski definition) is 2. The molecule has 6 heteroatoms. The predicted molar refractivity (Wildman–Crippen MR) is 117 cm³/mol. The first kappa shape index (κ1) is 20.0. The Morgan fingerprint density at radius 2 is 1.73 bits per heavy atom. The van der Waals surface area contributed by atoms with Crippen LogP contribution in [0.1, 0.15) is 54.3 Å². The van der Waals surface area contributed by atoms with Crippen LogP contribution in [0.15, 0.2) is 66.2 Å². The summed E-state index contributed by atoms with van der Waals surface area (Å²) in [5, 5.41) is 0. The van der Waals surface area contributed by atoms with Crippen molar-refractivity contribution < 1.29 is 9.59 Å². The fraction of sp³-hybridized carbons (Fsp3) is 0.292. The molecular formula is C24H26N4O2. The largest absolute Gasteiger partial charge is 0.307 e. The molecule has 0 saturated carbocycles. The smallest absolute Gasteiger partial charge is 0.265 e. The van der Waals surface area contributed by atoms with Crippen molar-refractivity contribution in [3.05, 3.63) is 77.9 Å². The molecule has 30 heavy (non-hydrogen) atoms. The molecule has 2 aliphatic heterocycles. The van der Waals surface area contributed by atoms with E-state index < -0.39 is 5.92 Å². The number of nitrogens with one attached hydrogen (secondary N) is 2. The third kappa shape index (κ3) is 3.66. The maximum Gasteiger partial charge on any atom is 0.265 e. The number of fused-ring (bicyclic) bond motifs is 1. The number of hydrogen-bond acceptors (Lipinski definition) is 5. The second-order valence-electron chi connectivity index (χ2n) is 8.09. The maximum absolute atomic E-state index is 13.6. The van der Waals surface area contributed by atoms with Gasteiger partial charge in [-0.1, -0.05) is 69.0 Å². The van der Waals surface area contributed by atoms with Gasteiger partial charge in [0.25, 0.3) is 5.91 Å². The van der Waals surface area contributed by atoms with E-state index in [4.69, 9.17) is 4.99 Å². The van der Waals surface area contributed by atoms with Gasteiger partial charge < -0.3 is 5.43 Å². The van der Waals surface area contributed by atoms with Gasteiger partial charge >= 0.3 is 0 Å². The number of carbonyl (C=O) groups excluding carboxylic acids is 2. The molecule has 0 aliphatic carbocycles. The highest BCUT2D eigenvalue weighted by Crippen LogP contribution is 2.34. The van der Waals surface area contributed by atoms with Crippen LogP contribution in [0.25, 0.3) is 5.70 Å². The lowest BCUT2D eigenvalue weighted by Crippen LogP contribution is -2.44. The molecule has 2 aromatic carbocycles. The molecule has 2 unspecified atom stereocenters. The minimum absolute atomic E-state index is 0.273. The van der Waals surface area contributed by atoms with E-state index in [1.807, 2.05) is 42.5 Å². The molecule has 0 radical (unpaired) electrons. The average molecular weight is 402 g/mol. The lowest BCUT2D eigenvalue weighted by atomic mass is 9.95. The zero-order valence-corrected chi connectivity index (χ0v) is 17.3. The Kier molecular flexibility index (Phi) is 5.50. The van der Waals surface area contributed by atoms with E-state index in [1.165, 1.54) is 4.90 Å². The van der Waals surface area contributed by atoms with Crippen molar-refractivity contribution in [3.8, 4) is 0 Å². The first-order valence-corrected chi connectivity index (χ1v) is 10.3. The molecule has 0 aromatic heterocycles. The van der Waals surface area contributed by atoms with Crippen molar-refractivity contribution in [1.29, 1.82) is 0 Å². The molecule has 154 valence electrons. The molecule has 6 nitrogen and oxygen atoms in total. The summed E-state index contributed by atoms with van der Waals surface area (Å²) in [4.78, 5) is 32.5. The maximum atomic E-state index is 13.6. The van der Waals surface area contributed by atoms with Gasteiger partial charge in [0.05, 0.1) is 11.6 Å². The van der Waals surface area contributed by atoms with Gasteiger partial charge in [0, 0.05) is 11.1 Å². The third-order valence-electron chi connectivity index (χ3n) is 5.54. The van der Waals surface area contributed by atoms with Crippen LogP contribution in [0.5, 0.6) is 0 Å². The summed E-state index contributed by atoms with van der Waals surface area (Å²) in [6.45, 7) is 8.26. The third-order valence-corrected chi connectivity index (χ3v) is 5.54. The highest BCUT2D eigenvalue weighted by atomic mass is 16.2. The Hall–Kier alpha value is -3.25. The highest BCUT2D eigenvalue weighted by Gasteiger charge is 2.41. The van der Waals surface area contributed by atoms with Crippen molar-refractivity contribution in [1.82, 2.24) is 15.8 Å². The van der Waals surface area contributed by atoms with Crippen LogP contribution in [-0.4, -0.2) is 22.5 Å². The van der Waals surface area contributed by atoms with E-state index in [9.17, 15) is 9.59 Å². The number of amidine groups is 1. The molecule has 2 aliphatic rings. The molecule has 0 bridgehead atoms. The summed E-state index contributed by atoms with van der Waals surface area (Å²) in [6.07, 6.45) is 1.17. The minimum Gasteiger partial charge on any atom is -0.307 e. The van der Waals surface area contributed by atoms with Crippen LogP contribution < -0.4 is 10.9 Å². The number of hydrazine groups is 1. The Balaban J connectivity index is 1.62. The summed E-state index contributed by atoms with van der Waals surface area (Å²) in [5.41, 5.74) is 8.90. The molecule has 0 spiro atoms. The van der Waals surface area contributed by atoms with Gasteiger partial charge in [-0.05, 0) is 30.4 Å². The van der Waals surface area contributed by atoms with Crippen LogP contribution in [0.2, 0.25) is 0 Å². The molecule has 2 amide bonds. The van der Waals surface area contributed by atoms with E-state index in [1.54, 1.807) is 12.1 Å². The van der Waals surface area contributed by atoms with Crippen molar-refractivity contribution in [2.45, 2.75) is 32.9 Å². The zero-order chi connectivity index (χ0) is 21.3. The minimum atomic E-state index is -0.552. The summed E-state index contributed by atoms with van der Waals surface area (Å²) in [6, 6.07) is 17.0. The number of amides is 2. The van der Waals surface area contributed by atoms with Crippen molar-refractivity contribution in [3.63, 3.8) is 0 Å². The van der Waals surface area contributed by atoms with Crippen molar-refractivity contribution in [2.24, 2.45) is 16.8 Å². The molecular weight excluding hydrogens is 376 g/mol. The van der Waals surface area contributed by atoms with Crippen LogP contribution in [0.4, 0.5) is 0 Å². The summed E-state index contributed by atoms with van der Waals surface area (Å²) in [5.74, 6) is -0.172. The molecule has 2 atom stereocenters. The molecule has 2 N–H and O–H groups in total. The van der Waals surface area contributed by atoms with Crippen molar-refractivity contribution in [2.75, 3.05) is 0 Å². The molecule has 2 aromatic rings. The summed E-state index contributed by atoms with van der Waals surface area (Å²) >= 11 is 0. The molecule has 4 rings (SSSR count). The van der Waals surface area contributed by atoms with Gasteiger partial charge in [-0.3, -0.25) is 9.59 Å². The fourth-order valence-corrected chi connectivity index (χ4v) is 3.87. The van der Waals surface area contributed by atoms with Crippen LogP contribution in [0, 0.1) is 11.8 Å². The lowest BCUT2D eigenvalue weighted by Gasteiger charge is -2.23. The number of rotatable bonds is 6. The SMILES string of the molecule is C=C1c2ccccc2C(=O)N1C(=O)C(CCC(C)C)C1=NC(c2ccccc2)NN1. The Morgan fingerprint density at radius 3 is 2.40 bits per heavy atom. The van der Waals surface area contributed by atoms with Gasteiger partial charge in [-0.25, -0.2) is 15.3 Å². The van der Waals surface area contributed by atoms with Gasteiger partial charge in [0.1, 0.15) is 12.0 Å². The van der Waals surface area contributed by atoms with E-state index >= 15 is 0 Å². The second kappa shape index (κ2) is 8.24. The molecule has 0 saturated heterocycles. The number of aliphatic imine (C=N–C) groups is 1. The zero-order valence-electron chi connectivity index (χ0n) is 17.3. The van der Waals surface area contributed by atoms with Gasteiger partial charge in [-0.2, -0.15) is 0 Å². The van der Waals surface area contributed by atoms with Crippen LogP contribution in [-0.2, 0) is 4.79 Å². The number of benzene rings is 2. The second-order valence-corrected chi connectivity index (χ2v) is 8.09. The molecule has 2 heterocycles. The highest BCUT2D eigenvalue weighted by molar-refractivity contribution is 6.21. The summed E-state index contributed by atoms with van der Waals surface area (Å²) in [7, 11) is 0. The van der Waals surface area contributed by atoms with E-state index in [-0.39, 0.29) is 18.0 Å². The Labute approximate surface area is 176 Å². The first-order valence-electron chi connectivity index (χ1n) is 10.3. The van der Waals surface area contributed by atoms with E-state index in [0.29, 0.717) is 35.0 Å². The fourth-order valence-electron chi connectivity index (χ4n) is 3.87. The number of nitrogens with zero attached hydrogens (tertiary/aromatic N) is 2. The standard InChI is InChI=1S/C24H26N4O2/c1-15(2)13-14-20(22-25-21(26-27-22)17-9-5-4-6-10-17)24(30)28-16(3)18-11-7-8-12-19(18)23(28)29/h4-12,15,20-21,26H,3,13-14H2,1-2H3,(H,25,27). The van der Waals surface area contributed by atoms with Crippen LogP contribution in [0.3, 0.4) is 0 Å². The quantitative estimate of drug-likeness (QED) is 0.769. The topological polar surface area (TPSA) is 73.8 Å². The monoisotopic (exact) mass is 402 g/mol. The predicted octanol–water partition coefficient (Wildman–Crippen LogP) is 3.90. The lowest BCUT2D eigenvalue weighted by molar-refractivity contribution is -0.128. The van der Waals surface area contributed by atoms with Gasteiger partial charge in [0.2, 0.25) is 5.91 Å². The number of imide groups is 1. The van der Waals surface area contributed by atoms with Crippen molar-refractivity contribution >= 4 is 23.3 Å². The Bertz CT molecular complexity index is 978. The number of carbonyl (C=O) groups is 2. The van der Waals surface area contributed by atoms with Gasteiger partial charge in [0.15, 0.2) is 0 Å². The summed E-state index contributed by atoms with van der Waals surface area (Å²) < 4.78 is 0. The molecule has 0 fully saturated rings.